The normalized spacial score (nSPS) is 19.5. The number of carbonyl (C=O) groups excluding carboxylic acids is 3. The van der Waals surface area contributed by atoms with Gasteiger partial charge in [-0.2, -0.15) is 0 Å². The number of hydrogen-bond donors (Lipinski definition) is 2. The number of rotatable bonds is 11. The van der Waals surface area contributed by atoms with Gasteiger partial charge in [0.05, 0.1) is 13.1 Å². The second kappa shape index (κ2) is 15.4. The second-order valence-corrected chi connectivity index (χ2v) is 12.8. The van der Waals surface area contributed by atoms with E-state index in [9.17, 15) is 19.5 Å². The summed E-state index contributed by atoms with van der Waals surface area (Å²) in [6.45, 7) is 7.06. The van der Waals surface area contributed by atoms with Crippen molar-refractivity contribution < 1.29 is 19.5 Å². The van der Waals surface area contributed by atoms with Gasteiger partial charge >= 0.3 is 6.03 Å². The van der Waals surface area contributed by atoms with Crippen LogP contribution < -0.4 is 10.2 Å². The first-order valence-corrected chi connectivity index (χ1v) is 17.3. The van der Waals surface area contributed by atoms with Crippen molar-refractivity contribution in [2.24, 2.45) is 0 Å². The molecule has 6 rings (SSSR count). The van der Waals surface area contributed by atoms with Gasteiger partial charge in [0.1, 0.15) is 18.0 Å². The molecule has 2 aliphatic heterocycles. The van der Waals surface area contributed by atoms with E-state index in [0.717, 1.165) is 48.3 Å². The van der Waals surface area contributed by atoms with Crippen molar-refractivity contribution in [3.8, 4) is 5.75 Å². The van der Waals surface area contributed by atoms with Crippen LogP contribution in [0.25, 0.3) is 0 Å². The number of fused-ring (bicyclic) bond motifs is 1. The maximum absolute atomic E-state index is 14.4. The molecular weight excluding hydrogens is 616 g/mol. The number of nitrogens with one attached hydrogen (secondary N) is 1. The molecule has 0 radical (unpaired) electrons. The average molecular weight is 663 g/mol. The molecule has 2 saturated heterocycles. The Bertz CT molecular complexity index is 1690. The fraction of sp³-hybridized carbons (Fsp3) is 0.359. The summed E-state index contributed by atoms with van der Waals surface area (Å²) in [5.74, 6) is -0.225. The number of hydrazine groups is 1. The number of likely N-dealkylation sites (N-methyl/N-ethyl adjacent to an activating group) is 2. The van der Waals surface area contributed by atoms with Crippen LogP contribution in [0.4, 0.5) is 10.5 Å². The van der Waals surface area contributed by atoms with Crippen molar-refractivity contribution in [1.82, 2.24) is 25.1 Å². The minimum Gasteiger partial charge on any atom is -0.508 e. The smallest absolute Gasteiger partial charge is 0.334 e. The van der Waals surface area contributed by atoms with Crippen LogP contribution in [-0.2, 0) is 29.1 Å². The van der Waals surface area contributed by atoms with Crippen molar-refractivity contribution in [1.29, 1.82) is 0 Å². The van der Waals surface area contributed by atoms with Gasteiger partial charge in [-0.05, 0) is 60.7 Å². The van der Waals surface area contributed by atoms with Crippen molar-refractivity contribution in [3.63, 3.8) is 0 Å². The van der Waals surface area contributed by atoms with Crippen molar-refractivity contribution in [2.45, 2.75) is 58.4 Å². The number of aromatic hydroxyl groups is 1. The van der Waals surface area contributed by atoms with E-state index in [-0.39, 0.29) is 43.1 Å². The SMILES string of the molecule is CCN(CC1=CC=CCC1)c1cccc(CN2C[C@H]3N(C(=O)CN(CC)N3C(=O)NCc3ccccc3)[C@@H](Cc3ccc(O)cc3)C2=O)c1. The molecule has 0 unspecified atom stereocenters. The Morgan fingerprint density at radius 1 is 0.959 bits per heavy atom. The largest absolute Gasteiger partial charge is 0.508 e. The zero-order chi connectivity index (χ0) is 34.3. The molecule has 0 spiro atoms. The highest BCUT2D eigenvalue weighted by molar-refractivity contribution is 5.91. The van der Waals surface area contributed by atoms with Crippen LogP contribution in [-0.4, -0.2) is 87.7 Å². The van der Waals surface area contributed by atoms with Crippen LogP contribution in [0, 0.1) is 0 Å². The lowest BCUT2D eigenvalue weighted by Crippen LogP contribution is -2.76. The number of phenolic OH excluding ortho intramolecular Hbond substituents is 1. The molecule has 3 aromatic rings. The van der Waals surface area contributed by atoms with E-state index in [1.807, 2.05) is 49.4 Å². The first-order valence-electron chi connectivity index (χ1n) is 17.3. The fourth-order valence-corrected chi connectivity index (χ4v) is 7.00. The van der Waals surface area contributed by atoms with Gasteiger partial charge in [-0.3, -0.25) is 9.59 Å². The minimum absolute atomic E-state index is 0.00770. The van der Waals surface area contributed by atoms with Gasteiger partial charge in [0.2, 0.25) is 11.8 Å². The lowest BCUT2D eigenvalue weighted by Gasteiger charge is -2.55. The third-order valence-electron chi connectivity index (χ3n) is 9.58. The molecule has 49 heavy (non-hydrogen) atoms. The van der Waals surface area contributed by atoms with Crippen molar-refractivity contribution in [2.75, 3.05) is 37.6 Å². The van der Waals surface area contributed by atoms with E-state index >= 15 is 0 Å². The molecule has 256 valence electrons. The number of allylic oxidation sites excluding steroid dienone is 3. The first-order chi connectivity index (χ1) is 23.8. The zero-order valence-electron chi connectivity index (χ0n) is 28.4. The molecule has 3 aliphatic rings. The lowest BCUT2D eigenvalue weighted by atomic mass is 9.98. The number of phenols is 1. The number of hydrogen-bond acceptors (Lipinski definition) is 6. The molecule has 10 nitrogen and oxygen atoms in total. The Kier molecular flexibility index (Phi) is 10.6. The van der Waals surface area contributed by atoms with E-state index in [0.29, 0.717) is 19.6 Å². The molecule has 2 atom stereocenters. The maximum atomic E-state index is 14.4. The number of amides is 4. The highest BCUT2D eigenvalue weighted by Crippen LogP contribution is 2.30. The quantitative estimate of drug-likeness (QED) is 0.298. The van der Waals surface area contributed by atoms with E-state index in [2.05, 4.69) is 47.5 Å². The molecule has 0 bridgehead atoms. The van der Waals surface area contributed by atoms with Gasteiger partial charge in [0.25, 0.3) is 0 Å². The van der Waals surface area contributed by atoms with Crippen LogP contribution in [0.5, 0.6) is 5.75 Å². The summed E-state index contributed by atoms with van der Waals surface area (Å²) in [6.07, 6.45) is 8.20. The van der Waals surface area contributed by atoms with Crippen LogP contribution in [0.1, 0.15) is 43.4 Å². The Hall–Kier alpha value is -5.09. The van der Waals surface area contributed by atoms with Crippen molar-refractivity contribution in [3.05, 3.63) is 119 Å². The summed E-state index contributed by atoms with van der Waals surface area (Å²) in [5.41, 5.74) is 5.25. The molecule has 4 amide bonds. The number of anilines is 1. The third kappa shape index (κ3) is 7.81. The Labute approximate surface area is 288 Å². The Morgan fingerprint density at radius 2 is 1.73 bits per heavy atom. The van der Waals surface area contributed by atoms with Gasteiger partial charge < -0.3 is 25.1 Å². The number of nitrogens with zero attached hydrogens (tertiary/aromatic N) is 5. The van der Waals surface area contributed by atoms with Crippen LogP contribution in [0.2, 0.25) is 0 Å². The maximum Gasteiger partial charge on any atom is 0.334 e. The number of piperazine rings is 1. The van der Waals surface area contributed by atoms with E-state index < -0.39 is 12.2 Å². The highest BCUT2D eigenvalue weighted by Gasteiger charge is 2.51. The molecule has 0 saturated carbocycles. The monoisotopic (exact) mass is 662 g/mol. The molecule has 2 N–H and O–H groups in total. The second-order valence-electron chi connectivity index (χ2n) is 12.8. The third-order valence-corrected chi connectivity index (χ3v) is 9.58. The molecule has 1 aliphatic carbocycles. The predicted molar refractivity (Wildman–Crippen MR) is 190 cm³/mol. The summed E-state index contributed by atoms with van der Waals surface area (Å²) >= 11 is 0. The Balaban J connectivity index is 1.29. The fourth-order valence-electron chi connectivity index (χ4n) is 7.00. The molecule has 2 fully saturated rings. The van der Waals surface area contributed by atoms with E-state index in [1.165, 1.54) is 5.57 Å². The topological polar surface area (TPSA) is 99.7 Å². The number of benzene rings is 3. The summed E-state index contributed by atoms with van der Waals surface area (Å²) in [4.78, 5) is 47.9. The van der Waals surface area contributed by atoms with Crippen molar-refractivity contribution >= 4 is 23.5 Å². The Morgan fingerprint density at radius 3 is 2.45 bits per heavy atom. The molecule has 0 aromatic heterocycles. The van der Waals surface area contributed by atoms with Gasteiger partial charge in [-0.1, -0.05) is 85.3 Å². The standard InChI is InChI=1S/C39H46N6O4/c1-3-41(25-31-14-9-6-10-15-31)33-17-11-16-32(22-33)26-42-27-36-44(35(38(42)48)23-29-18-20-34(46)21-19-29)37(47)28-43(4-2)45(36)39(49)40-24-30-12-7-5-8-13-30/h5-9,11-14,16-22,35-36,46H,3-4,10,15,23-28H2,1-2H3,(H,40,49)/t35-,36-/m0/s1. The molecule has 10 heteroatoms. The zero-order valence-corrected chi connectivity index (χ0v) is 28.4. The van der Waals surface area contributed by atoms with E-state index in [4.69, 9.17) is 0 Å². The minimum atomic E-state index is -0.819. The van der Waals surface area contributed by atoms with E-state index in [1.54, 1.807) is 44.1 Å². The molecule has 3 aromatic carbocycles. The highest BCUT2D eigenvalue weighted by atomic mass is 16.3. The van der Waals surface area contributed by atoms with Gasteiger partial charge in [0, 0.05) is 44.8 Å². The van der Waals surface area contributed by atoms with Crippen LogP contribution in [0.3, 0.4) is 0 Å². The average Bonchev–Trinajstić information content (AvgIpc) is 3.13. The summed E-state index contributed by atoms with van der Waals surface area (Å²) in [6, 6.07) is 23.6. The number of carbonyl (C=O) groups is 3. The summed E-state index contributed by atoms with van der Waals surface area (Å²) in [7, 11) is 0. The van der Waals surface area contributed by atoms with Gasteiger partial charge in [0.15, 0.2) is 0 Å². The van der Waals surface area contributed by atoms with Crippen LogP contribution >= 0.6 is 0 Å². The predicted octanol–water partition coefficient (Wildman–Crippen LogP) is 5.07. The summed E-state index contributed by atoms with van der Waals surface area (Å²) < 4.78 is 0. The first kappa shape index (κ1) is 33.8. The molecular formula is C39H46N6O4. The molecule has 2 heterocycles. The lowest BCUT2D eigenvalue weighted by molar-refractivity contribution is -0.190. The van der Waals surface area contributed by atoms with Gasteiger partial charge in [-0.15, -0.1) is 0 Å². The van der Waals surface area contributed by atoms with Gasteiger partial charge in [-0.25, -0.2) is 14.8 Å². The number of urea groups is 1. The van der Waals surface area contributed by atoms with Crippen LogP contribution in [0.15, 0.2) is 103 Å². The summed E-state index contributed by atoms with van der Waals surface area (Å²) in [5, 5.41) is 16.4.